The van der Waals surface area contributed by atoms with Crippen molar-refractivity contribution in [2.45, 2.75) is 37.6 Å². The fourth-order valence-electron chi connectivity index (χ4n) is 2.23. The Kier molecular flexibility index (Phi) is 4.46. The van der Waals surface area contributed by atoms with E-state index in [0.717, 1.165) is 24.8 Å². The molecule has 0 atom stereocenters. The molecule has 6 heteroatoms. The molecule has 20 heavy (non-hydrogen) atoms. The van der Waals surface area contributed by atoms with Crippen LogP contribution in [0.3, 0.4) is 0 Å². The van der Waals surface area contributed by atoms with E-state index in [1.807, 2.05) is 0 Å². The molecular weight excluding hydrogens is 279 g/mol. The quantitative estimate of drug-likeness (QED) is 0.810. The summed E-state index contributed by atoms with van der Waals surface area (Å²) in [6.45, 7) is 2.94. The SMILES string of the molecule is CCC1(CNS(=O)(=O)c2cc(CNC)ccc2F)CC1. The van der Waals surface area contributed by atoms with Crippen LogP contribution in [0.15, 0.2) is 23.1 Å². The Morgan fingerprint density at radius 3 is 2.60 bits per heavy atom. The molecule has 4 nitrogen and oxygen atoms in total. The van der Waals surface area contributed by atoms with Gasteiger partial charge in [0, 0.05) is 13.1 Å². The van der Waals surface area contributed by atoms with Crippen LogP contribution >= 0.6 is 0 Å². The van der Waals surface area contributed by atoms with Crippen LogP contribution < -0.4 is 10.0 Å². The lowest BCUT2D eigenvalue weighted by atomic mass is 10.1. The van der Waals surface area contributed by atoms with Crippen molar-refractivity contribution >= 4 is 10.0 Å². The maximum absolute atomic E-state index is 13.8. The molecule has 1 aromatic carbocycles. The summed E-state index contributed by atoms with van der Waals surface area (Å²) in [7, 11) is -2.03. The second-order valence-corrected chi connectivity index (χ2v) is 7.21. The van der Waals surface area contributed by atoms with Gasteiger partial charge in [0.25, 0.3) is 0 Å². The number of rotatable bonds is 7. The molecule has 0 aromatic heterocycles. The fourth-order valence-corrected chi connectivity index (χ4v) is 3.51. The van der Waals surface area contributed by atoms with Crippen LogP contribution in [0.4, 0.5) is 4.39 Å². The molecule has 2 rings (SSSR count). The summed E-state index contributed by atoms with van der Waals surface area (Å²) in [5.74, 6) is -0.710. The van der Waals surface area contributed by atoms with Crippen LogP contribution in [0.5, 0.6) is 0 Å². The average molecular weight is 300 g/mol. The first-order valence-electron chi connectivity index (χ1n) is 6.85. The molecule has 1 aromatic rings. The third-order valence-electron chi connectivity index (χ3n) is 4.01. The maximum Gasteiger partial charge on any atom is 0.243 e. The molecule has 1 fully saturated rings. The van der Waals surface area contributed by atoms with E-state index in [1.54, 1.807) is 13.1 Å². The van der Waals surface area contributed by atoms with Crippen molar-refractivity contribution in [3.8, 4) is 0 Å². The molecule has 1 aliphatic carbocycles. The van der Waals surface area contributed by atoms with Crippen molar-refractivity contribution in [3.63, 3.8) is 0 Å². The first kappa shape index (κ1) is 15.4. The summed E-state index contributed by atoms with van der Waals surface area (Å²) in [4.78, 5) is -0.267. The Morgan fingerprint density at radius 1 is 1.35 bits per heavy atom. The number of nitrogens with one attached hydrogen (secondary N) is 2. The van der Waals surface area contributed by atoms with E-state index in [4.69, 9.17) is 0 Å². The number of sulfonamides is 1. The maximum atomic E-state index is 13.8. The third-order valence-corrected chi connectivity index (χ3v) is 5.43. The first-order chi connectivity index (χ1) is 9.42. The highest BCUT2D eigenvalue weighted by Crippen LogP contribution is 2.48. The van der Waals surface area contributed by atoms with E-state index in [-0.39, 0.29) is 10.3 Å². The van der Waals surface area contributed by atoms with Gasteiger partial charge in [-0.1, -0.05) is 13.0 Å². The van der Waals surface area contributed by atoms with Crippen LogP contribution in [0.2, 0.25) is 0 Å². The van der Waals surface area contributed by atoms with E-state index < -0.39 is 15.8 Å². The van der Waals surface area contributed by atoms with E-state index in [9.17, 15) is 12.8 Å². The van der Waals surface area contributed by atoms with E-state index in [2.05, 4.69) is 17.0 Å². The van der Waals surface area contributed by atoms with Gasteiger partial charge >= 0.3 is 0 Å². The molecule has 0 bridgehead atoms. The monoisotopic (exact) mass is 300 g/mol. The lowest BCUT2D eigenvalue weighted by Crippen LogP contribution is -2.30. The highest BCUT2D eigenvalue weighted by molar-refractivity contribution is 7.89. The highest BCUT2D eigenvalue weighted by atomic mass is 32.2. The molecule has 0 spiro atoms. The van der Waals surface area contributed by atoms with Crippen LogP contribution in [0, 0.1) is 11.2 Å². The van der Waals surface area contributed by atoms with Gasteiger partial charge in [0.2, 0.25) is 10.0 Å². The number of hydrogen-bond acceptors (Lipinski definition) is 3. The van der Waals surface area contributed by atoms with Crippen molar-refractivity contribution in [1.29, 1.82) is 0 Å². The van der Waals surface area contributed by atoms with Gasteiger partial charge in [0.05, 0.1) is 0 Å². The van der Waals surface area contributed by atoms with Gasteiger partial charge in [0.15, 0.2) is 0 Å². The average Bonchev–Trinajstić information content (AvgIpc) is 3.20. The summed E-state index contributed by atoms with van der Waals surface area (Å²) < 4.78 is 40.8. The van der Waals surface area contributed by atoms with Crippen molar-refractivity contribution in [2.75, 3.05) is 13.6 Å². The molecule has 0 heterocycles. The zero-order valence-electron chi connectivity index (χ0n) is 11.9. The summed E-state index contributed by atoms with van der Waals surface area (Å²) in [5, 5.41) is 2.92. The molecule has 0 amide bonds. The van der Waals surface area contributed by atoms with Crippen LogP contribution in [0.1, 0.15) is 31.7 Å². The van der Waals surface area contributed by atoms with Gasteiger partial charge in [-0.05, 0) is 49.4 Å². The standard InChI is InChI=1S/C14H21FN2O2S/c1-3-14(6-7-14)10-17-20(18,19)13-8-11(9-16-2)4-5-12(13)15/h4-5,8,16-17H,3,6-7,9-10H2,1-2H3. The van der Waals surface area contributed by atoms with Crippen molar-refractivity contribution in [1.82, 2.24) is 10.0 Å². The van der Waals surface area contributed by atoms with E-state index in [0.29, 0.717) is 13.1 Å². The fraction of sp³-hybridized carbons (Fsp3) is 0.571. The van der Waals surface area contributed by atoms with E-state index in [1.165, 1.54) is 12.1 Å². The first-order valence-corrected chi connectivity index (χ1v) is 8.33. The number of benzene rings is 1. The lowest BCUT2D eigenvalue weighted by Gasteiger charge is -2.14. The minimum atomic E-state index is -3.79. The summed E-state index contributed by atoms with van der Waals surface area (Å²) in [6.07, 6.45) is 3.01. The molecule has 1 saturated carbocycles. The lowest BCUT2D eigenvalue weighted by molar-refractivity contribution is 0.473. The molecule has 0 saturated heterocycles. The Balaban J connectivity index is 2.17. The van der Waals surface area contributed by atoms with Gasteiger partial charge in [-0.25, -0.2) is 17.5 Å². The topological polar surface area (TPSA) is 58.2 Å². The highest BCUT2D eigenvalue weighted by Gasteiger charge is 2.41. The van der Waals surface area contributed by atoms with Gasteiger partial charge in [0.1, 0.15) is 10.7 Å². The zero-order valence-corrected chi connectivity index (χ0v) is 12.7. The predicted molar refractivity (Wildman–Crippen MR) is 76.3 cm³/mol. The second kappa shape index (κ2) is 5.79. The molecule has 1 aliphatic rings. The van der Waals surface area contributed by atoms with Crippen LogP contribution in [0.25, 0.3) is 0 Å². The molecule has 0 radical (unpaired) electrons. The minimum absolute atomic E-state index is 0.0894. The Labute approximate surface area is 119 Å². The Hall–Kier alpha value is -0.980. The van der Waals surface area contributed by atoms with E-state index >= 15 is 0 Å². The Bertz CT molecular complexity index is 583. The van der Waals surface area contributed by atoms with Crippen LogP contribution in [-0.4, -0.2) is 22.0 Å². The summed E-state index contributed by atoms with van der Waals surface area (Å²) in [6, 6.07) is 4.17. The van der Waals surface area contributed by atoms with Gasteiger partial charge in [-0.2, -0.15) is 0 Å². The van der Waals surface area contributed by atoms with Gasteiger partial charge < -0.3 is 5.32 Å². The summed E-state index contributed by atoms with van der Waals surface area (Å²) >= 11 is 0. The van der Waals surface area contributed by atoms with Gasteiger partial charge in [-0.3, -0.25) is 0 Å². The zero-order chi connectivity index (χ0) is 14.8. The van der Waals surface area contributed by atoms with Crippen LogP contribution in [-0.2, 0) is 16.6 Å². The normalized spacial score (nSPS) is 17.1. The largest absolute Gasteiger partial charge is 0.316 e. The van der Waals surface area contributed by atoms with Crippen molar-refractivity contribution < 1.29 is 12.8 Å². The number of halogens is 1. The molecule has 0 aliphatic heterocycles. The predicted octanol–water partition coefficient (Wildman–Crippen LogP) is 2.01. The number of hydrogen-bond donors (Lipinski definition) is 2. The van der Waals surface area contributed by atoms with Crippen molar-refractivity contribution in [3.05, 3.63) is 29.6 Å². The minimum Gasteiger partial charge on any atom is -0.316 e. The molecular formula is C14H21FN2O2S. The Morgan fingerprint density at radius 2 is 2.05 bits per heavy atom. The summed E-state index contributed by atoms with van der Waals surface area (Å²) in [5.41, 5.74) is 0.831. The molecule has 0 unspecified atom stereocenters. The third kappa shape index (κ3) is 3.37. The second-order valence-electron chi connectivity index (χ2n) is 5.47. The van der Waals surface area contributed by atoms with Crippen molar-refractivity contribution in [2.24, 2.45) is 5.41 Å². The molecule has 112 valence electrons. The smallest absolute Gasteiger partial charge is 0.243 e. The molecule has 2 N–H and O–H groups in total. The van der Waals surface area contributed by atoms with Gasteiger partial charge in [-0.15, -0.1) is 0 Å².